The lowest BCUT2D eigenvalue weighted by Crippen LogP contribution is -2.50. The molecule has 5 heteroatoms. The monoisotopic (exact) mass is 280 g/mol. The number of nitrogens with zero attached hydrogens (tertiary/aromatic N) is 2. The van der Waals surface area contributed by atoms with Gasteiger partial charge in [-0.2, -0.15) is 0 Å². The molecule has 1 aromatic rings. The van der Waals surface area contributed by atoms with Gasteiger partial charge in [0.15, 0.2) is 0 Å². The first-order valence-electron chi connectivity index (χ1n) is 7.88. The van der Waals surface area contributed by atoms with Gasteiger partial charge in [-0.05, 0) is 26.2 Å². The molecular weight excluding hydrogens is 252 g/mol. The number of aromatic nitrogens is 2. The van der Waals surface area contributed by atoms with E-state index in [9.17, 15) is 0 Å². The highest BCUT2D eigenvalue weighted by atomic mass is 16.5. The van der Waals surface area contributed by atoms with Gasteiger partial charge >= 0.3 is 0 Å². The summed E-state index contributed by atoms with van der Waals surface area (Å²) in [5.74, 6) is 6.90. The van der Waals surface area contributed by atoms with Crippen molar-refractivity contribution in [2.75, 3.05) is 6.61 Å². The molecule has 0 aliphatic heterocycles. The van der Waals surface area contributed by atoms with Crippen molar-refractivity contribution in [1.82, 2.24) is 15.0 Å². The van der Waals surface area contributed by atoms with Crippen molar-refractivity contribution in [2.24, 2.45) is 5.84 Å². The van der Waals surface area contributed by atoms with E-state index >= 15 is 0 Å². The zero-order valence-corrected chi connectivity index (χ0v) is 12.8. The van der Waals surface area contributed by atoms with Gasteiger partial charge in [0, 0.05) is 25.5 Å². The molecule has 1 aliphatic carbocycles. The van der Waals surface area contributed by atoms with Gasteiger partial charge in [0.05, 0.1) is 5.60 Å². The lowest BCUT2D eigenvalue weighted by molar-refractivity contribution is -0.0937. The van der Waals surface area contributed by atoms with Crippen LogP contribution in [0.2, 0.25) is 0 Å². The molecule has 0 aromatic carbocycles. The van der Waals surface area contributed by atoms with Gasteiger partial charge in [-0.25, -0.2) is 10.4 Å². The molecule has 0 bridgehead atoms. The average molecular weight is 280 g/mol. The Hall–Kier alpha value is -0.910. The number of rotatable bonds is 7. The number of hydrazine groups is 1. The zero-order chi connectivity index (χ0) is 14.4. The molecule has 20 heavy (non-hydrogen) atoms. The van der Waals surface area contributed by atoms with Crippen LogP contribution in [0.15, 0.2) is 12.4 Å². The summed E-state index contributed by atoms with van der Waals surface area (Å²) in [5, 5.41) is 0. The first-order chi connectivity index (χ1) is 9.77. The number of nitrogens with one attached hydrogen (secondary N) is 1. The average Bonchev–Trinajstić information content (AvgIpc) is 2.90. The number of ether oxygens (including phenoxy) is 1. The SMILES string of the molecule is CCCn1ccnc1C(NN)C1(OCC)CCCCC1. The smallest absolute Gasteiger partial charge is 0.130 e. The Labute approximate surface area is 121 Å². The summed E-state index contributed by atoms with van der Waals surface area (Å²) < 4.78 is 8.38. The van der Waals surface area contributed by atoms with E-state index in [1.165, 1.54) is 19.3 Å². The maximum atomic E-state index is 6.18. The second-order valence-corrected chi connectivity index (χ2v) is 5.64. The third kappa shape index (κ3) is 3.05. The van der Waals surface area contributed by atoms with Crippen molar-refractivity contribution in [1.29, 1.82) is 0 Å². The number of hydrogen-bond donors (Lipinski definition) is 2. The maximum Gasteiger partial charge on any atom is 0.130 e. The Morgan fingerprint density at radius 2 is 2.15 bits per heavy atom. The van der Waals surface area contributed by atoms with Crippen LogP contribution in [-0.4, -0.2) is 21.8 Å². The minimum absolute atomic E-state index is 0.0377. The standard InChI is InChI=1S/C15H28N4O/c1-3-11-19-12-10-17-14(19)13(18-16)15(20-4-2)8-6-5-7-9-15/h10,12-13,18H,3-9,11,16H2,1-2H3. The summed E-state index contributed by atoms with van der Waals surface area (Å²) in [6.45, 7) is 5.92. The fraction of sp³-hybridized carbons (Fsp3) is 0.800. The van der Waals surface area contributed by atoms with Crippen molar-refractivity contribution in [3.05, 3.63) is 18.2 Å². The Balaban J connectivity index is 2.29. The topological polar surface area (TPSA) is 65.1 Å². The fourth-order valence-corrected chi connectivity index (χ4v) is 3.43. The molecule has 1 fully saturated rings. The van der Waals surface area contributed by atoms with Crippen LogP contribution in [0.3, 0.4) is 0 Å². The summed E-state index contributed by atoms with van der Waals surface area (Å²) in [6, 6.07) is -0.0377. The predicted octanol–water partition coefficient (Wildman–Crippen LogP) is 2.54. The molecule has 1 saturated carbocycles. The van der Waals surface area contributed by atoms with Gasteiger partial charge in [-0.3, -0.25) is 5.84 Å². The number of aryl methyl sites for hydroxylation is 1. The van der Waals surface area contributed by atoms with Crippen LogP contribution in [0.5, 0.6) is 0 Å². The van der Waals surface area contributed by atoms with Crippen molar-refractivity contribution >= 4 is 0 Å². The summed E-state index contributed by atoms with van der Waals surface area (Å²) in [4.78, 5) is 4.55. The molecule has 0 saturated heterocycles. The lowest BCUT2D eigenvalue weighted by atomic mass is 9.79. The molecule has 1 aromatic heterocycles. The lowest BCUT2D eigenvalue weighted by Gasteiger charge is -2.42. The first-order valence-corrected chi connectivity index (χ1v) is 7.88. The summed E-state index contributed by atoms with van der Waals surface area (Å²) >= 11 is 0. The minimum Gasteiger partial charge on any atom is -0.373 e. The molecule has 5 nitrogen and oxygen atoms in total. The highest BCUT2D eigenvalue weighted by Gasteiger charge is 2.43. The van der Waals surface area contributed by atoms with Gasteiger partial charge in [0.2, 0.25) is 0 Å². The summed E-state index contributed by atoms with van der Waals surface area (Å²) in [7, 11) is 0. The molecule has 114 valence electrons. The second kappa shape index (κ2) is 7.20. The van der Waals surface area contributed by atoms with Crippen LogP contribution in [0.25, 0.3) is 0 Å². The molecule has 1 aliphatic rings. The normalized spacial score (nSPS) is 19.9. The van der Waals surface area contributed by atoms with Gasteiger partial charge in [-0.15, -0.1) is 0 Å². The van der Waals surface area contributed by atoms with E-state index in [-0.39, 0.29) is 11.6 Å². The molecule has 1 atom stereocenters. The van der Waals surface area contributed by atoms with E-state index in [0.29, 0.717) is 6.61 Å². The molecule has 0 amide bonds. The van der Waals surface area contributed by atoms with Gasteiger partial charge in [0.1, 0.15) is 11.9 Å². The van der Waals surface area contributed by atoms with Crippen LogP contribution in [0.4, 0.5) is 0 Å². The van der Waals surface area contributed by atoms with Crippen LogP contribution in [0.1, 0.15) is 64.2 Å². The van der Waals surface area contributed by atoms with Crippen molar-refractivity contribution < 1.29 is 4.74 Å². The van der Waals surface area contributed by atoms with Gasteiger partial charge < -0.3 is 9.30 Å². The fourth-order valence-electron chi connectivity index (χ4n) is 3.43. The van der Waals surface area contributed by atoms with Crippen LogP contribution in [0, 0.1) is 0 Å². The van der Waals surface area contributed by atoms with E-state index in [0.717, 1.165) is 31.6 Å². The molecule has 0 radical (unpaired) electrons. The molecular formula is C15H28N4O. The number of hydrogen-bond acceptors (Lipinski definition) is 4. The molecule has 1 unspecified atom stereocenters. The Kier molecular flexibility index (Phi) is 5.57. The Morgan fingerprint density at radius 1 is 1.40 bits per heavy atom. The van der Waals surface area contributed by atoms with Gasteiger partial charge in [-0.1, -0.05) is 26.2 Å². The van der Waals surface area contributed by atoms with E-state index in [1.807, 2.05) is 12.4 Å². The third-order valence-corrected chi connectivity index (χ3v) is 4.29. The predicted molar refractivity (Wildman–Crippen MR) is 80.0 cm³/mol. The van der Waals surface area contributed by atoms with Crippen LogP contribution < -0.4 is 11.3 Å². The van der Waals surface area contributed by atoms with Crippen molar-refractivity contribution in [3.8, 4) is 0 Å². The third-order valence-electron chi connectivity index (χ3n) is 4.29. The highest BCUT2D eigenvalue weighted by molar-refractivity contribution is 5.09. The molecule has 2 rings (SSSR count). The van der Waals surface area contributed by atoms with Crippen LogP contribution in [-0.2, 0) is 11.3 Å². The number of nitrogens with two attached hydrogens (primary N) is 1. The van der Waals surface area contributed by atoms with Crippen molar-refractivity contribution in [2.45, 2.75) is 70.6 Å². The largest absolute Gasteiger partial charge is 0.373 e. The molecule has 3 N–H and O–H groups in total. The van der Waals surface area contributed by atoms with Gasteiger partial charge in [0.25, 0.3) is 0 Å². The minimum atomic E-state index is -0.210. The van der Waals surface area contributed by atoms with E-state index in [1.54, 1.807) is 0 Å². The molecule has 1 heterocycles. The zero-order valence-electron chi connectivity index (χ0n) is 12.8. The summed E-state index contributed by atoms with van der Waals surface area (Å²) in [5.41, 5.74) is 2.78. The van der Waals surface area contributed by atoms with E-state index in [2.05, 4.69) is 28.8 Å². The molecule has 0 spiro atoms. The number of imidazole rings is 1. The Bertz CT molecular complexity index is 393. The van der Waals surface area contributed by atoms with Crippen LogP contribution >= 0.6 is 0 Å². The quantitative estimate of drug-likeness (QED) is 0.595. The Morgan fingerprint density at radius 3 is 2.75 bits per heavy atom. The second-order valence-electron chi connectivity index (χ2n) is 5.64. The van der Waals surface area contributed by atoms with Crippen molar-refractivity contribution in [3.63, 3.8) is 0 Å². The van der Waals surface area contributed by atoms with E-state index < -0.39 is 0 Å². The maximum absolute atomic E-state index is 6.18. The summed E-state index contributed by atoms with van der Waals surface area (Å²) in [6.07, 6.45) is 10.8. The highest BCUT2D eigenvalue weighted by Crippen LogP contribution is 2.40. The van der Waals surface area contributed by atoms with E-state index in [4.69, 9.17) is 10.6 Å². The first kappa shape index (κ1) is 15.5.